The summed E-state index contributed by atoms with van der Waals surface area (Å²) in [5.74, 6) is 0.691. The van der Waals surface area contributed by atoms with Gasteiger partial charge in [-0.2, -0.15) is 0 Å². The van der Waals surface area contributed by atoms with Gasteiger partial charge < -0.3 is 4.74 Å². The van der Waals surface area contributed by atoms with Crippen LogP contribution in [0.4, 0.5) is 0 Å². The zero-order valence-corrected chi connectivity index (χ0v) is 16.7. The number of benzene rings is 1. The molecule has 144 valence electrons. The Kier molecular flexibility index (Phi) is 11.6. The highest BCUT2D eigenvalue weighted by atomic mass is 32.2. The van der Waals surface area contributed by atoms with E-state index < -0.39 is 10.0 Å². The van der Waals surface area contributed by atoms with E-state index in [1.807, 2.05) is 6.92 Å². The van der Waals surface area contributed by atoms with Gasteiger partial charge in [-0.25, -0.2) is 13.1 Å². The average Bonchev–Trinajstić information content (AvgIpc) is 2.60. The molecule has 0 aliphatic carbocycles. The summed E-state index contributed by atoms with van der Waals surface area (Å²) in [6.07, 6.45) is 12.5. The molecule has 0 heterocycles. The van der Waals surface area contributed by atoms with Crippen molar-refractivity contribution in [1.29, 1.82) is 0 Å². The first-order chi connectivity index (χ1) is 12.1. The van der Waals surface area contributed by atoms with Gasteiger partial charge in [-0.1, -0.05) is 64.7 Å². The molecule has 4 nitrogen and oxygen atoms in total. The molecule has 1 aromatic carbocycles. The van der Waals surface area contributed by atoms with Gasteiger partial charge in [0.25, 0.3) is 0 Å². The third-order valence-corrected chi connectivity index (χ3v) is 5.74. The first-order valence-corrected chi connectivity index (χ1v) is 11.3. The predicted octanol–water partition coefficient (Wildman–Crippen LogP) is 5.28. The monoisotopic (exact) mass is 369 g/mol. The molecule has 0 aliphatic heterocycles. The van der Waals surface area contributed by atoms with Crippen molar-refractivity contribution in [3.8, 4) is 5.75 Å². The molecule has 0 radical (unpaired) electrons. The fourth-order valence-electron chi connectivity index (χ4n) is 2.78. The summed E-state index contributed by atoms with van der Waals surface area (Å²) < 4.78 is 32.4. The van der Waals surface area contributed by atoms with Gasteiger partial charge in [-0.15, -0.1) is 0 Å². The van der Waals surface area contributed by atoms with Gasteiger partial charge in [-0.05, 0) is 37.6 Å². The van der Waals surface area contributed by atoms with Crippen LogP contribution in [0.3, 0.4) is 0 Å². The number of sulfonamides is 1. The fourth-order valence-corrected chi connectivity index (χ4v) is 3.86. The van der Waals surface area contributed by atoms with Crippen molar-refractivity contribution in [3.63, 3.8) is 0 Å². The zero-order chi connectivity index (χ0) is 18.4. The smallest absolute Gasteiger partial charge is 0.240 e. The molecule has 0 aromatic heterocycles. The lowest BCUT2D eigenvalue weighted by atomic mass is 10.1. The quantitative estimate of drug-likeness (QED) is 0.428. The maximum Gasteiger partial charge on any atom is 0.240 e. The Hall–Kier alpha value is -1.07. The van der Waals surface area contributed by atoms with Crippen LogP contribution in [0.15, 0.2) is 29.2 Å². The van der Waals surface area contributed by atoms with E-state index in [4.69, 9.17) is 4.74 Å². The largest absolute Gasteiger partial charge is 0.494 e. The highest BCUT2D eigenvalue weighted by Crippen LogP contribution is 2.16. The molecule has 1 rings (SSSR count). The van der Waals surface area contributed by atoms with Gasteiger partial charge in [-0.3, -0.25) is 0 Å². The number of rotatable bonds is 15. The highest BCUT2D eigenvalue weighted by Gasteiger charge is 2.12. The van der Waals surface area contributed by atoms with Gasteiger partial charge >= 0.3 is 0 Å². The lowest BCUT2D eigenvalue weighted by molar-refractivity contribution is 0.340. The number of nitrogens with one attached hydrogen (secondary N) is 1. The fraction of sp³-hybridized carbons (Fsp3) is 0.700. The van der Waals surface area contributed by atoms with Crippen LogP contribution in [0.25, 0.3) is 0 Å². The van der Waals surface area contributed by atoms with Crippen molar-refractivity contribution in [1.82, 2.24) is 4.72 Å². The molecule has 0 spiro atoms. The second-order valence-corrected chi connectivity index (χ2v) is 8.25. The Bertz CT molecular complexity index is 541. The summed E-state index contributed by atoms with van der Waals surface area (Å²) in [6, 6.07) is 6.56. The molecule has 0 bridgehead atoms. The average molecular weight is 370 g/mol. The molecular formula is C20H35NO3S. The number of ether oxygens (including phenoxy) is 1. The van der Waals surface area contributed by atoms with Crippen LogP contribution in [0.5, 0.6) is 5.75 Å². The van der Waals surface area contributed by atoms with Crippen LogP contribution in [-0.4, -0.2) is 21.6 Å². The summed E-state index contributed by atoms with van der Waals surface area (Å²) in [6.45, 7) is 5.22. The number of hydrogen-bond acceptors (Lipinski definition) is 3. The topological polar surface area (TPSA) is 55.4 Å². The van der Waals surface area contributed by atoms with Crippen LogP contribution in [0.2, 0.25) is 0 Å². The van der Waals surface area contributed by atoms with Crippen molar-refractivity contribution in [2.24, 2.45) is 0 Å². The van der Waals surface area contributed by atoms with E-state index >= 15 is 0 Å². The van der Waals surface area contributed by atoms with E-state index in [9.17, 15) is 8.42 Å². The standard InChI is InChI=1S/C20H35NO3S/c1-3-5-6-7-8-9-10-11-12-13-18-21-25(22,23)20-16-14-19(15-17-20)24-4-2/h14-17,21H,3-13,18H2,1-2H3. The lowest BCUT2D eigenvalue weighted by Gasteiger charge is -2.08. The van der Waals surface area contributed by atoms with Crippen LogP contribution < -0.4 is 9.46 Å². The predicted molar refractivity (Wildman–Crippen MR) is 105 cm³/mol. The van der Waals surface area contributed by atoms with E-state index in [-0.39, 0.29) is 0 Å². The minimum Gasteiger partial charge on any atom is -0.494 e. The Morgan fingerprint density at radius 2 is 1.32 bits per heavy atom. The van der Waals surface area contributed by atoms with Gasteiger partial charge in [0, 0.05) is 6.54 Å². The lowest BCUT2D eigenvalue weighted by Crippen LogP contribution is -2.24. The molecule has 0 fully saturated rings. The molecule has 1 N–H and O–H groups in total. The van der Waals surface area contributed by atoms with Crippen molar-refractivity contribution in [2.75, 3.05) is 13.2 Å². The van der Waals surface area contributed by atoms with Crippen molar-refractivity contribution in [3.05, 3.63) is 24.3 Å². The molecule has 25 heavy (non-hydrogen) atoms. The third-order valence-electron chi connectivity index (χ3n) is 4.27. The molecule has 0 saturated carbocycles. The summed E-state index contributed by atoms with van der Waals surface area (Å²) in [4.78, 5) is 0.294. The van der Waals surface area contributed by atoms with E-state index in [1.54, 1.807) is 24.3 Å². The van der Waals surface area contributed by atoms with E-state index in [1.165, 1.54) is 51.4 Å². The minimum absolute atomic E-state index is 0.294. The second kappa shape index (κ2) is 13.2. The van der Waals surface area contributed by atoms with Crippen molar-refractivity contribution in [2.45, 2.75) is 83.0 Å². The summed E-state index contributed by atoms with van der Waals surface area (Å²) >= 11 is 0. The minimum atomic E-state index is -3.41. The molecular weight excluding hydrogens is 334 g/mol. The van der Waals surface area contributed by atoms with Crippen molar-refractivity contribution >= 4 is 10.0 Å². The Morgan fingerprint density at radius 1 is 0.800 bits per heavy atom. The maximum atomic E-state index is 12.2. The van der Waals surface area contributed by atoms with Gasteiger partial charge in [0.1, 0.15) is 5.75 Å². The van der Waals surface area contributed by atoms with Crippen LogP contribution in [0, 0.1) is 0 Å². The highest BCUT2D eigenvalue weighted by molar-refractivity contribution is 7.89. The van der Waals surface area contributed by atoms with Crippen LogP contribution in [0.1, 0.15) is 78.1 Å². The molecule has 1 aromatic rings. The van der Waals surface area contributed by atoms with Crippen LogP contribution in [-0.2, 0) is 10.0 Å². The normalized spacial score (nSPS) is 11.6. The number of hydrogen-bond donors (Lipinski definition) is 1. The summed E-state index contributed by atoms with van der Waals surface area (Å²) in [5, 5.41) is 0. The first kappa shape index (κ1) is 22.0. The van der Waals surface area contributed by atoms with E-state index in [0.717, 1.165) is 12.8 Å². The summed E-state index contributed by atoms with van der Waals surface area (Å²) in [5.41, 5.74) is 0. The molecule has 0 aliphatic rings. The number of unbranched alkanes of at least 4 members (excludes halogenated alkanes) is 9. The molecule has 5 heteroatoms. The molecule has 0 atom stereocenters. The molecule has 0 unspecified atom stereocenters. The third kappa shape index (κ3) is 9.85. The van der Waals surface area contributed by atoms with Crippen LogP contribution >= 0.6 is 0 Å². The Labute approximate surface area is 154 Å². The Morgan fingerprint density at radius 3 is 1.84 bits per heavy atom. The van der Waals surface area contributed by atoms with Gasteiger partial charge in [0.2, 0.25) is 10.0 Å². The van der Waals surface area contributed by atoms with E-state index in [2.05, 4.69) is 11.6 Å². The van der Waals surface area contributed by atoms with Gasteiger partial charge in [0.05, 0.1) is 11.5 Å². The second-order valence-electron chi connectivity index (χ2n) is 6.48. The zero-order valence-electron chi connectivity index (χ0n) is 15.9. The first-order valence-electron chi connectivity index (χ1n) is 9.82. The van der Waals surface area contributed by atoms with Crippen molar-refractivity contribution < 1.29 is 13.2 Å². The molecule has 0 amide bonds. The van der Waals surface area contributed by atoms with Gasteiger partial charge in [0.15, 0.2) is 0 Å². The van der Waals surface area contributed by atoms with E-state index in [0.29, 0.717) is 23.8 Å². The summed E-state index contributed by atoms with van der Waals surface area (Å²) in [7, 11) is -3.41. The maximum absolute atomic E-state index is 12.2. The SMILES string of the molecule is CCCCCCCCCCCCNS(=O)(=O)c1ccc(OCC)cc1. The molecule has 0 saturated heterocycles. The Balaban J connectivity index is 2.12.